The van der Waals surface area contributed by atoms with Gasteiger partial charge in [0, 0.05) is 5.92 Å². The lowest BCUT2D eigenvalue weighted by atomic mass is 9.84. The summed E-state index contributed by atoms with van der Waals surface area (Å²) in [4.78, 5) is 11.4. The molecule has 114 valence electrons. The van der Waals surface area contributed by atoms with E-state index in [1.165, 1.54) is 24.0 Å². The number of hydrogen-bond donors (Lipinski definition) is 2. The van der Waals surface area contributed by atoms with Crippen molar-refractivity contribution in [3.05, 3.63) is 34.9 Å². The standard InChI is InChI=1S/C18H24O3/c1-11-8-15(16(9-11)18(20)21)17(19)14-7-6-12-4-2-3-5-13(12)10-14/h6-7,10-11,15-17,19H,2-5,8-9H2,1H3,(H,20,21). The van der Waals surface area contributed by atoms with Gasteiger partial charge >= 0.3 is 5.97 Å². The predicted molar refractivity (Wildman–Crippen MR) is 81.1 cm³/mol. The number of aryl methyl sites for hydroxylation is 2. The van der Waals surface area contributed by atoms with Gasteiger partial charge < -0.3 is 10.2 Å². The van der Waals surface area contributed by atoms with E-state index < -0.39 is 18.0 Å². The second kappa shape index (κ2) is 5.80. The zero-order valence-electron chi connectivity index (χ0n) is 12.6. The van der Waals surface area contributed by atoms with Gasteiger partial charge in [0.2, 0.25) is 0 Å². The number of carboxylic acid groups (broad SMARTS) is 1. The highest BCUT2D eigenvalue weighted by atomic mass is 16.4. The van der Waals surface area contributed by atoms with Gasteiger partial charge in [-0.3, -0.25) is 4.79 Å². The van der Waals surface area contributed by atoms with Gasteiger partial charge in [-0.2, -0.15) is 0 Å². The first-order valence-corrected chi connectivity index (χ1v) is 8.09. The van der Waals surface area contributed by atoms with Crippen molar-refractivity contribution in [3.63, 3.8) is 0 Å². The smallest absolute Gasteiger partial charge is 0.306 e. The Balaban J connectivity index is 1.84. The Kier molecular flexibility index (Phi) is 4.03. The molecule has 0 bridgehead atoms. The number of rotatable bonds is 3. The molecule has 1 saturated carbocycles. The Hall–Kier alpha value is -1.35. The molecule has 2 N–H and O–H groups in total. The molecule has 4 unspecified atom stereocenters. The quantitative estimate of drug-likeness (QED) is 0.896. The van der Waals surface area contributed by atoms with Crippen LogP contribution in [-0.2, 0) is 17.6 Å². The summed E-state index contributed by atoms with van der Waals surface area (Å²) in [6.45, 7) is 2.08. The molecule has 4 atom stereocenters. The van der Waals surface area contributed by atoms with E-state index in [9.17, 15) is 15.0 Å². The second-order valence-corrected chi connectivity index (χ2v) is 6.87. The fourth-order valence-electron chi connectivity index (χ4n) is 4.15. The van der Waals surface area contributed by atoms with Crippen molar-refractivity contribution in [1.82, 2.24) is 0 Å². The van der Waals surface area contributed by atoms with Crippen LogP contribution >= 0.6 is 0 Å². The van der Waals surface area contributed by atoms with Gasteiger partial charge in [0.15, 0.2) is 0 Å². The lowest BCUT2D eigenvalue weighted by Gasteiger charge is -2.24. The number of fused-ring (bicyclic) bond motifs is 1. The monoisotopic (exact) mass is 288 g/mol. The van der Waals surface area contributed by atoms with Crippen LogP contribution in [0.15, 0.2) is 18.2 Å². The molecule has 3 nitrogen and oxygen atoms in total. The highest BCUT2D eigenvalue weighted by Crippen LogP contribution is 2.43. The highest BCUT2D eigenvalue weighted by molar-refractivity contribution is 5.71. The van der Waals surface area contributed by atoms with Crippen LogP contribution in [0.4, 0.5) is 0 Å². The first-order valence-electron chi connectivity index (χ1n) is 8.09. The van der Waals surface area contributed by atoms with E-state index in [0.717, 1.165) is 24.8 Å². The van der Waals surface area contributed by atoms with Crippen molar-refractivity contribution >= 4 is 5.97 Å². The molecule has 2 aliphatic rings. The first-order chi connectivity index (χ1) is 10.1. The van der Waals surface area contributed by atoms with Crippen LogP contribution in [-0.4, -0.2) is 16.2 Å². The summed E-state index contributed by atoms with van der Waals surface area (Å²) in [6, 6.07) is 6.24. The normalized spacial score (nSPS) is 29.9. The lowest BCUT2D eigenvalue weighted by Crippen LogP contribution is -2.24. The van der Waals surface area contributed by atoms with Crippen molar-refractivity contribution in [3.8, 4) is 0 Å². The van der Waals surface area contributed by atoms with E-state index in [1.807, 2.05) is 6.07 Å². The average molecular weight is 288 g/mol. The van der Waals surface area contributed by atoms with Gasteiger partial charge in [-0.05, 0) is 61.1 Å². The number of carbonyl (C=O) groups is 1. The zero-order valence-corrected chi connectivity index (χ0v) is 12.6. The molecule has 3 heteroatoms. The van der Waals surface area contributed by atoms with Crippen LogP contribution in [0.1, 0.15) is 55.4 Å². The Morgan fingerprint density at radius 3 is 2.62 bits per heavy atom. The maximum atomic E-state index is 11.4. The summed E-state index contributed by atoms with van der Waals surface area (Å²) < 4.78 is 0. The molecule has 21 heavy (non-hydrogen) atoms. The topological polar surface area (TPSA) is 57.5 Å². The largest absolute Gasteiger partial charge is 0.481 e. The number of carboxylic acids is 1. The number of aliphatic hydroxyl groups excluding tert-OH is 1. The first kappa shape index (κ1) is 14.6. The van der Waals surface area contributed by atoms with Gasteiger partial charge in [-0.25, -0.2) is 0 Å². The summed E-state index contributed by atoms with van der Waals surface area (Å²) >= 11 is 0. The van der Waals surface area contributed by atoms with Crippen molar-refractivity contribution in [2.24, 2.45) is 17.8 Å². The van der Waals surface area contributed by atoms with E-state index in [0.29, 0.717) is 12.3 Å². The predicted octanol–water partition coefficient (Wildman–Crippen LogP) is 3.35. The van der Waals surface area contributed by atoms with Crippen molar-refractivity contribution in [2.45, 2.75) is 51.6 Å². The number of aliphatic hydroxyl groups is 1. The third-order valence-corrected chi connectivity index (χ3v) is 5.28. The fourth-order valence-corrected chi connectivity index (χ4v) is 4.15. The zero-order chi connectivity index (χ0) is 15.0. The number of aliphatic carboxylic acids is 1. The minimum Gasteiger partial charge on any atom is -0.481 e. The van der Waals surface area contributed by atoms with Crippen LogP contribution in [0.2, 0.25) is 0 Å². The molecule has 0 aromatic heterocycles. The summed E-state index contributed by atoms with van der Waals surface area (Å²) in [5, 5.41) is 20.1. The minimum atomic E-state index is -0.763. The van der Waals surface area contributed by atoms with E-state index in [4.69, 9.17) is 0 Å². The third kappa shape index (κ3) is 2.84. The molecule has 1 fully saturated rings. The van der Waals surface area contributed by atoms with Gasteiger partial charge in [0.1, 0.15) is 0 Å². The highest BCUT2D eigenvalue weighted by Gasteiger charge is 2.41. The molecular formula is C18H24O3. The van der Waals surface area contributed by atoms with Crippen molar-refractivity contribution < 1.29 is 15.0 Å². The molecule has 0 aliphatic heterocycles. The molecule has 1 aromatic rings. The molecule has 0 amide bonds. The van der Waals surface area contributed by atoms with Crippen molar-refractivity contribution in [2.75, 3.05) is 0 Å². The van der Waals surface area contributed by atoms with Crippen LogP contribution in [0, 0.1) is 17.8 Å². The maximum absolute atomic E-state index is 11.4. The van der Waals surface area contributed by atoms with Gasteiger partial charge in [-0.15, -0.1) is 0 Å². The van der Waals surface area contributed by atoms with Gasteiger partial charge in [-0.1, -0.05) is 25.1 Å². The van der Waals surface area contributed by atoms with E-state index in [2.05, 4.69) is 19.1 Å². The maximum Gasteiger partial charge on any atom is 0.306 e. The third-order valence-electron chi connectivity index (χ3n) is 5.28. The molecule has 3 rings (SSSR count). The Labute approximate surface area is 126 Å². The Morgan fingerprint density at radius 2 is 1.90 bits per heavy atom. The molecule has 0 heterocycles. The van der Waals surface area contributed by atoms with Crippen LogP contribution in [0.3, 0.4) is 0 Å². The molecular weight excluding hydrogens is 264 g/mol. The average Bonchev–Trinajstić information content (AvgIpc) is 2.88. The van der Waals surface area contributed by atoms with Crippen molar-refractivity contribution in [1.29, 1.82) is 0 Å². The molecule has 0 radical (unpaired) electrons. The summed E-state index contributed by atoms with van der Waals surface area (Å²) in [7, 11) is 0. The number of benzene rings is 1. The molecule has 0 saturated heterocycles. The lowest BCUT2D eigenvalue weighted by molar-refractivity contribution is -0.144. The second-order valence-electron chi connectivity index (χ2n) is 6.87. The summed E-state index contributed by atoms with van der Waals surface area (Å²) in [6.07, 6.45) is 5.50. The van der Waals surface area contributed by atoms with Crippen LogP contribution in [0.25, 0.3) is 0 Å². The van der Waals surface area contributed by atoms with Gasteiger partial charge in [0.05, 0.1) is 12.0 Å². The minimum absolute atomic E-state index is 0.154. The SMILES string of the molecule is CC1CC(C(=O)O)C(C(O)c2ccc3c(c2)CCCC3)C1. The summed E-state index contributed by atoms with van der Waals surface area (Å²) in [5.74, 6) is -0.949. The Morgan fingerprint density at radius 1 is 1.19 bits per heavy atom. The molecule has 0 spiro atoms. The summed E-state index contributed by atoms with van der Waals surface area (Å²) in [5.41, 5.74) is 3.64. The molecule has 2 aliphatic carbocycles. The fraction of sp³-hybridized carbons (Fsp3) is 0.611. The van der Waals surface area contributed by atoms with Crippen LogP contribution in [0.5, 0.6) is 0 Å². The van der Waals surface area contributed by atoms with E-state index in [1.54, 1.807) is 0 Å². The Bertz CT molecular complexity index is 537. The van der Waals surface area contributed by atoms with E-state index in [-0.39, 0.29) is 5.92 Å². The van der Waals surface area contributed by atoms with Gasteiger partial charge in [0.25, 0.3) is 0 Å². The molecule has 1 aromatic carbocycles. The van der Waals surface area contributed by atoms with E-state index >= 15 is 0 Å². The number of hydrogen-bond acceptors (Lipinski definition) is 2. The van der Waals surface area contributed by atoms with Crippen LogP contribution < -0.4 is 0 Å².